The van der Waals surface area contributed by atoms with Gasteiger partial charge < -0.3 is 9.84 Å². The molecule has 0 aliphatic rings. The molecule has 0 bridgehead atoms. The Labute approximate surface area is 122 Å². The lowest BCUT2D eigenvalue weighted by atomic mass is 10.2. The predicted octanol–water partition coefficient (Wildman–Crippen LogP) is 4.41. The van der Waals surface area contributed by atoms with Crippen molar-refractivity contribution in [3.8, 4) is 11.5 Å². The van der Waals surface area contributed by atoms with Gasteiger partial charge >= 0.3 is 0 Å². The maximum atomic E-state index is 10.5. The maximum Gasteiger partial charge on any atom is 0.150 e. The van der Waals surface area contributed by atoms with Crippen molar-refractivity contribution in [2.45, 2.75) is 13.3 Å². The molecule has 108 valence electrons. The molecule has 21 heavy (non-hydrogen) atoms. The van der Waals surface area contributed by atoms with Gasteiger partial charge in [0.25, 0.3) is 0 Å². The first-order valence-corrected chi connectivity index (χ1v) is 6.65. The Morgan fingerprint density at radius 2 is 1.90 bits per heavy atom. The van der Waals surface area contributed by atoms with Crippen LogP contribution in [-0.2, 0) is 0 Å². The standard InChI is InChI=1S/C16H16N2O3/c1-2-9-21-14-7-8-15(16(20)10-14)18-17-13-5-3-12(11-19)4-6-13/h3-8,10-11,20H,2,9H2,1H3. The number of phenols is 1. The summed E-state index contributed by atoms with van der Waals surface area (Å²) in [6.45, 7) is 2.61. The molecular formula is C16H16N2O3. The summed E-state index contributed by atoms with van der Waals surface area (Å²) in [5.41, 5.74) is 1.54. The van der Waals surface area contributed by atoms with Gasteiger partial charge in [0.15, 0.2) is 0 Å². The fourth-order valence-electron chi connectivity index (χ4n) is 1.63. The SMILES string of the molecule is CCCOc1ccc(N=Nc2ccc(C=O)cc2)c(O)c1. The number of aromatic hydroxyl groups is 1. The molecule has 2 rings (SSSR count). The van der Waals surface area contributed by atoms with Crippen LogP contribution in [-0.4, -0.2) is 18.0 Å². The molecule has 0 atom stereocenters. The molecule has 5 nitrogen and oxygen atoms in total. The third-order valence-electron chi connectivity index (χ3n) is 2.72. The highest BCUT2D eigenvalue weighted by Crippen LogP contribution is 2.31. The van der Waals surface area contributed by atoms with Crippen molar-refractivity contribution in [2.75, 3.05) is 6.61 Å². The molecule has 0 saturated carbocycles. The minimum atomic E-state index is 0.0110. The van der Waals surface area contributed by atoms with Crippen LogP contribution in [0.4, 0.5) is 11.4 Å². The van der Waals surface area contributed by atoms with E-state index < -0.39 is 0 Å². The summed E-state index contributed by atoms with van der Waals surface area (Å²) < 4.78 is 5.41. The number of rotatable bonds is 6. The molecule has 0 unspecified atom stereocenters. The number of aldehydes is 1. The highest BCUT2D eigenvalue weighted by atomic mass is 16.5. The van der Waals surface area contributed by atoms with Crippen molar-refractivity contribution >= 4 is 17.7 Å². The van der Waals surface area contributed by atoms with Crippen LogP contribution in [0.2, 0.25) is 0 Å². The molecule has 0 amide bonds. The van der Waals surface area contributed by atoms with E-state index in [1.807, 2.05) is 6.92 Å². The third-order valence-corrected chi connectivity index (χ3v) is 2.72. The first-order valence-electron chi connectivity index (χ1n) is 6.65. The van der Waals surface area contributed by atoms with Gasteiger partial charge in [-0.15, -0.1) is 5.11 Å². The van der Waals surface area contributed by atoms with Crippen LogP contribution in [0, 0.1) is 0 Å². The normalized spacial score (nSPS) is 10.7. The van der Waals surface area contributed by atoms with Crippen LogP contribution in [0.15, 0.2) is 52.7 Å². The van der Waals surface area contributed by atoms with E-state index in [4.69, 9.17) is 4.74 Å². The Hall–Kier alpha value is -2.69. The van der Waals surface area contributed by atoms with Gasteiger partial charge in [-0.2, -0.15) is 5.11 Å². The number of carbonyl (C=O) groups is 1. The fraction of sp³-hybridized carbons (Fsp3) is 0.188. The van der Waals surface area contributed by atoms with Crippen molar-refractivity contribution in [2.24, 2.45) is 10.2 Å². The van der Waals surface area contributed by atoms with E-state index in [0.29, 0.717) is 29.3 Å². The van der Waals surface area contributed by atoms with Crippen LogP contribution < -0.4 is 4.74 Å². The number of phenolic OH excluding ortho intramolecular Hbond substituents is 1. The Balaban J connectivity index is 2.10. The van der Waals surface area contributed by atoms with E-state index in [1.165, 1.54) is 6.07 Å². The van der Waals surface area contributed by atoms with Gasteiger partial charge in [-0.05, 0) is 42.8 Å². The zero-order chi connectivity index (χ0) is 15.1. The molecule has 0 spiro atoms. The predicted molar refractivity (Wildman–Crippen MR) is 79.9 cm³/mol. The highest BCUT2D eigenvalue weighted by molar-refractivity contribution is 5.75. The lowest BCUT2D eigenvalue weighted by Gasteiger charge is -2.05. The van der Waals surface area contributed by atoms with Crippen molar-refractivity contribution < 1.29 is 14.6 Å². The molecule has 2 aromatic carbocycles. The summed E-state index contributed by atoms with van der Waals surface area (Å²) >= 11 is 0. The quantitative estimate of drug-likeness (QED) is 0.631. The molecule has 2 aromatic rings. The van der Waals surface area contributed by atoms with Crippen molar-refractivity contribution in [1.82, 2.24) is 0 Å². The third kappa shape index (κ3) is 4.14. The molecule has 0 radical (unpaired) electrons. The zero-order valence-electron chi connectivity index (χ0n) is 11.7. The van der Waals surface area contributed by atoms with Crippen molar-refractivity contribution in [1.29, 1.82) is 0 Å². The van der Waals surface area contributed by atoms with Crippen LogP contribution >= 0.6 is 0 Å². The minimum Gasteiger partial charge on any atom is -0.505 e. The molecule has 0 aliphatic heterocycles. The Morgan fingerprint density at radius 1 is 1.14 bits per heavy atom. The smallest absolute Gasteiger partial charge is 0.150 e. The zero-order valence-corrected chi connectivity index (χ0v) is 11.7. The Bertz CT molecular complexity index is 636. The van der Waals surface area contributed by atoms with Gasteiger partial charge in [-0.1, -0.05) is 6.92 Å². The molecule has 0 fully saturated rings. The lowest BCUT2D eigenvalue weighted by molar-refractivity contribution is 0.112. The van der Waals surface area contributed by atoms with Gasteiger partial charge in [-0.25, -0.2) is 0 Å². The largest absolute Gasteiger partial charge is 0.505 e. The van der Waals surface area contributed by atoms with Crippen LogP contribution in [0.3, 0.4) is 0 Å². The first kappa shape index (κ1) is 14.7. The van der Waals surface area contributed by atoms with E-state index in [1.54, 1.807) is 36.4 Å². The molecule has 0 aliphatic carbocycles. The number of hydrogen-bond donors (Lipinski definition) is 1. The van der Waals surface area contributed by atoms with Crippen LogP contribution in [0.25, 0.3) is 0 Å². The number of nitrogens with zero attached hydrogens (tertiary/aromatic N) is 2. The molecular weight excluding hydrogens is 268 g/mol. The van der Waals surface area contributed by atoms with E-state index in [9.17, 15) is 9.90 Å². The van der Waals surface area contributed by atoms with Gasteiger partial charge in [0.05, 0.1) is 12.3 Å². The minimum absolute atomic E-state index is 0.0110. The molecule has 0 heterocycles. The highest BCUT2D eigenvalue weighted by Gasteiger charge is 2.02. The summed E-state index contributed by atoms with van der Waals surface area (Å²) in [7, 11) is 0. The second kappa shape index (κ2) is 7.19. The summed E-state index contributed by atoms with van der Waals surface area (Å²) in [5, 5.41) is 17.9. The topological polar surface area (TPSA) is 71.2 Å². The number of hydrogen-bond acceptors (Lipinski definition) is 5. The van der Waals surface area contributed by atoms with E-state index in [0.717, 1.165) is 12.7 Å². The number of benzene rings is 2. The van der Waals surface area contributed by atoms with Gasteiger partial charge in [0, 0.05) is 11.6 Å². The average Bonchev–Trinajstić information content (AvgIpc) is 2.52. The van der Waals surface area contributed by atoms with Gasteiger partial charge in [0.2, 0.25) is 0 Å². The number of azo groups is 1. The number of ether oxygens (including phenoxy) is 1. The monoisotopic (exact) mass is 284 g/mol. The first-order chi connectivity index (χ1) is 10.2. The summed E-state index contributed by atoms with van der Waals surface area (Å²) in [5.74, 6) is 0.612. The van der Waals surface area contributed by atoms with Gasteiger partial charge in [0.1, 0.15) is 23.5 Å². The van der Waals surface area contributed by atoms with Crippen LogP contribution in [0.1, 0.15) is 23.7 Å². The van der Waals surface area contributed by atoms with Crippen molar-refractivity contribution in [3.05, 3.63) is 48.0 Å². The molecule has 0 aromatic heterocycles. The van der Waals surface area contributed by atoms with Crippen LogP contribution in [0.5, 0.6) is 11.5 Å². The summed E-state index contributed by atoms with van der Waals surface area (Å²) in [6.07, 6.45) is 1.67. The van der Waals surface area contributed by atoms with E-state index in [-0.39, 0.29) is 5.75 Å². The molecule has 1 N–H and O–H groups in total. The number of carbonyl (C=O) groups excluding carboxylic acids is 1. The lowest BCUT2D eigenvalue weighted by Crippen LogP contribution is -1.94. The summed E-state index contributed by atoms with van der Waals surface area (Å²) in [4.78, 5) is 10.5. The second-order valence-electron chi connectivity index (χ2n) is 4.41. The summed E-state index contributed by atoms with van der Waals surface area (Å²) in [6, 6.07) is 11.6. The van der Waals surface area contributed by atoms with E-state index in [2.05, 4.69) is 10.2 Å². The Morgan fingerprint density at radius 3 is 2.52 bits per heavy atom. The maximum absolute atomic E-state index is 10.5. The van der Waals surface area contributed by atoms with E-state index >= 15 is 0 Å². The second-order valence-corrected chi connectivity index (χ2v) is 4.41. The molecule has 0 saturated heterocycles. The van der Waals surface area contributed by atoms with Crippen molar-refractivity contribution in [3.63, 3.8) is 0 Å². The molecule has 5 heteroatoms. The average molecular weight is 284 g/mol. The van der Waals surface area contributed by atoms with Gasteiger partial charge in [-0.3, -0.25) is 4.79 Å². The Kier molecular flexibility index (Phi) is 5.04. The fourth-order valence-corrected chi connectivity index (χ4v) is 1.63.